The number of para-hydroxylation sites is 1. The van der Waals surface area contributed by atoms with E-state index in [-0.39, 0.29) is 12.5 Å². The van der Waals surface area contributed by atoms with E-state index in [1.54, 1.807) is 30.5 Å². The Morgan fingerprint density at radius 1 is 0.969 bits per heavy atom. The number of amides is 1. The van der Waals surface area contributed by atoms with Gasteiger partial charge in [-0.1, -0.05) is 18.2 Å². The van der Waals surface area contributed by atoms with Crippen LogP contribution in [0.4, 0.5) is 26.3 Å². The topological polar surface area (TPSA) is 82.2 Å². The largest absolute Gasteiger partial charge is 0.480 e. The van der Waals surface area contributed by atoms with Crippen molar-refractivity contribution in [3.05, 3.63) is 70.9 Å². The van der Waals surface area contributed by atoms with E-state index >= 15 is 0 Å². The number of hydrogen-bond donors (Lipinski definition) is 3. The van der Waals surface area contributed by atoms with Crippen molar-refractivity contribution in [2.45, 2.75) is 31.2 Å². The number of benzene rings is 2. The first-order valence-electron chi connectivity index (χ1n) is 9.20. The van der Waals surface area contributed by atoms with Crippen LogP contribution in [0, 0.1) is 0 Å². The lowest BCUT2D eigenvalue weighted by Gasteiger charge is -2.16. The number of halogens is 6. The van der Waals surface area contributed by atoms with Crippen LogP contribution in [0.1, 0.15) is 22.3 Å². The third kappa shape index (κ3) is 5.40. The predicted molar refractivity (Wildman–Crippen MR) is 102 cm³/mol. The maximum Gasteiger partial charge on any atom is 0.416 e. The number of carbonyl (C=O) groups excluding carboxylic acids is 1. The van der Waals surface area contributed by atoms with Crippen molar-refractivity contribution in [3.8, 4) is 0 Å². The summed E-state index contributed by atoms with van der Waals surface area (Å²) in [5.74, 6) is -2.42. The lowest BCUT2D eigenvalue weighted by atomic mass is 10.0. The van der Waals surface area contributed by atoms with Crippen molar-refractivity contribution >= 4 is 22.8 Å². The number of fused-ring (bicyclic) bond motifs is 1. The van der Waals surface area contributed by atoms with Gasteiger partial charge in [-0.15, -0.1) is 0 Å². The van der Waals surface area contributed by atoms with Gasteiger partial charge in [-0.2, -0.15) is 26.3 Å². The Labute approximate surface area is 177 Å². The van der Waals surface area contributed by atoms with Crippen LogP contribution in [0.2, 0.25) is 0 Å². The van der Waals surface area contributed by atoms with Crippen LogP contribution in [0.3, 0.4) is 0 Å². The Morgan fingerprint density at radius 2 is 1.56 bits per heavy atom. The molecule has 1 atom stereocenters. The normalized spacial score (nSPS) is 13.2. The van der Waals surface area contributed by atoms with Crippen LogP contribution in [-0.4, -0.2) is 28.0 Å². The van der Waals surface area contributed by atoms with Gasteiger partial charge in [0.05, 0.1) is 17.5 Å². The highest BCUT2D eigenvalue weighted by atomic mass is 19.4. The number of aromatic nitrogens is 1. The van der Waals surface area contributed by atoms with Crippen LogP contribution >= 0.6 is 0 Å². The van der Waals surface area contributed by atoms with Crippen molar-refractivity contribution in [2.24, 2.45) is 0 Å². The molecular formula is C21H16F6N2O3. The van der Waals surface area contributed by atoms with E-state index in [4.69, 9.17) is 0 Å². The molecule has 0 fully saturated rings. The van der Waals surface area contributed by atoms with Gasteiger partial charge >= 0.3 is 18.3 Å². The lowest BCUT2D eigenvalue weighted by Crippen LogP contribution is -2.43. The fourth-order valence-corrected chi connectivity index (χ4v) is 3.27. The maximum atomic E-state index is 13.0. The molecule has 32 heavy (non-hydrogen) atoms. The van der Waals surface area contributed by atoms with E-state index in [1.165, 1.54) is 0 Å². The molecular weight excluding hydrogens is 442 g/mol. The number of hydrogen-bond acceptors (Lipinski definition) is 2. The molecule has 0 bridgehead atoms. The van der Waals surface area contributed by atoms with Gasteiger partial charge in [-0.05, 0) is 35.4 Å². The standard InChI is InChI=1S/C21H16F6N2O3/c22-20(23,24)13-5-11(6-14(9-13)21(25,26)27)7-18(30)29-17(19(31)32)8-12-10-28-16-4-2-1-3-15(12)16/h1-6,9-10,17,28H,7-8H2,(H,29,30)(H,31,32)/t17-/m0/s1. The first-order chi connectivity index (χ1) is 14.8. The van der Waals surface area contributed by atoms with Crippen molar-refractivity contribution in [3.63, 3.8) is 0 Å². The minimum atomic E-state index is -5.05. The van der Waals surface area contributed by atoms with E-state index in [1.807, 2.05) is 0 Å². The Balaban J connectivity index is 1.80. The number of aromatic amines is 1. The predicted octanol–water partition coefficient (Wildman–Crippen LogP) is 4.56. The molecule has 2 aromatic carbocycles. The molecule has 0 saturated heterocycles. The Bertz CT molecular complexity index is 1120. The first kappa shape index (κ1) is 23.2. The van der Waals surface area contributed by atoms with E-state index in [0.717, 1.165) is 10.9 Å². The lowest BCUT2D eigenvalue weighted by molar-refractivity contribution is -0.143. The minimum Gasteiger partial charge on any atom is -0.480 e. The van der Waals surface area contributed by atoms with Crippen molar-refractivity contribution in [2.75, 3.05) is 0 Å². The average molecular weight is 458 g/mol. The summed E-state index contributed by atoms with van der Waals surface area (Å²) in [6.45, 7) is 0. The van der Waals surface area contributed by atoms with Gasteiger partial charge in [0.2, 0.25) is 5.91 Å². The second kappa shape index (κ2) is 8.56. The summed E-state index contributed by atoms with van der Waals surface area (Å²) in [6, 6.07) is 6.40. The van der Waals surface area contributed by atoms with Crippen molar-refractivity contribution < 1.29 is 41.0 Å². The summed E-state index contributed by atoms with van der Waals surface area (Å²) in [4.78, 5) is 26.8. The smallest absolute Gasteiger partial charge is 0.416 e. The van der Waals surface area contributed by atoms with Crippen LogP contribution in [0.25, 0.3) is 10.9 Å². The van der Waals surface area contributed by atoms with E-state index < -0.39 is 53.4 Å². The number of carbonyl (C=O) groups is 2. The highest BCUT2D eigenvalue weighted by Gasteiger charge is 2.37. The molecule has 0 aliphatic carbocycles. The zero-order valence-electron chi connectivity index (χ0n) is 16.1. The monoisotopic (exact) mass is 458 g/mol. The summed E-state index contributed by atoms with van der Waals surface area (Å²) < 4.78 is 77.9. The van der Waals surface area contributed by atoms with Gasteiger partial charge in [0.15, 0.2) is 0 Å². The molecule has 1 aromatic heterocycles. The summed E-state index contributed by atoms with van der Waals surface area (Å²) in [7, 11) is 0. The second-order valence-corrected chi connectivity index (χ2v) is 7.11. The number of carboxylic acids is 1. The Morgan fingerprint density at radius 3 is 2.12 bits per heavy atom. The van der Waals surface area contributed by atoms with E-state index in [9.17, 15) is 41.0 Å². The van der Waals surface area contributed by atoms with Gasteiger partial charge in [0.1, 0.15) is 6.04 Å². The Kier molecular flexibility index (Phi) is 6.20. The van der Waals surface area contributed by atoms with Crippen molar-refractivity contribution in [1.82, 2.24) is 10.3 Å². The molecule has 1 heterocycles. The SMILES string of the molecule is O=C(Cc1cc(C(F)(F)F)cc(C(F)(F)F)c1)N[C@@H](Cc1c[nH]c2ccccc12)C(=O)O. The van der Waals surface area contributed by atoms with Crippen molar-refractivity contribution in [1.29, 1.82) is 0 Å². The van der Waals surface area contributed by atoms with E-state index in [2.05, 4.69) is 10.3 Å². The molecule has 3 rings (SSSR count). The molecule has 0 spiro atoms. The average Bonchev–Trinajstić information content (AvgIpc) is 3.09. The van der Waals surface area contributed by atoms with Gasteiger partial charge < -0.3 is 15.4 Å². The highest BCUT2D eigenvalue weighted by Crippen LogP contribution is 2.36. The third-order valence-corrected chi connectivity index (χ3v) is 4.74. The van der Waals surface area contributed by atoms with Gasteiger partial charge in [-0.25, -0.2) is 4.79 Å². The summed E-state index contributed by atoms with van der Waals surface area (Å²) in [6.07, 6.45) is -9.53. The molecule has 11 heteroatoms. The molecule has 0 radical (unpaired) electrons. The highest BCUT2D eigenvalue weighted by molar-refractivity contribution is 5.87. The van der Waals surface area contributed by atoms with Crippen LogP contribution < -0.4 is 5.32 Å². The Hall–Kier alpha value is -3.50. The fraction of sp³-hybridized carbons (Fsp3) is 0.238. The molecule has 170 valence electrons. The number of rotatable bonds is 6. The molecule has 0 aliphatic rings. The van der Waals surface area contributed by atoms with Gasteiger partial charge in [0.25, 0.3) is 0 Å². The zero-order chi connectivity index (χ0) is 23.7. The summed E-state index contributed by atoms with van der Waals surface area (Å²) in [5.41, 5.74) is -2.33. The minimum absolute atomic E-state index is 0.0432. The van der Waals surface area contributed by atoms with Gasteiger partial charge in [-0.3, -0.25) is 4.79 Å². The molecule has 3 aromatic rings. The molecule has 0 saturated carbocycles. The zero-order valence-corrected chi connectivity index (χ0v) is 16.1. The van der Waals surface area contributed by atoms with Gasteiger partial charge in [0, 0.05) is 23.5 Å². The number of nitrogens with one attached hydrogen (secondary N) is 2. The fourth-order valence-electron chi connectivity index (χ4n) is 3.27. The van der Waals surface area contributed by atoms with Crippen LogP contribution in [-0.2, 0) is 34.8 Å². The molecule has 0 unspecified atom stereocenters. The summed E-state index contributed by atoms with van der Waals surface area (Å²) >= 11 is 0. The summed E-state index contributed by atoms with van der Waals surface area (Å²) in [5, 5.41) is 12.3. The number of aliphatic carboxylic acids is 1. The van der Waals surface area contributed by atoms with E-state index in [0.29, 0.717) is 17.7 Å². The second-order valence-electron chi connectivity index (χ2n) is 7.11. The number of H-pyrrole nitrogens is 1. The maximum absolute atomic E-state index is 13.0. The number of carboxylic acid groups (broad SMARTS) is 1. The number of alkyl halides is 6. The van der Waals surface area contributed by atoms with Crippen LogP contribution in [0.5, 0.6) is 0 Å². The quantitative estimate of drug-likeness (QED) is 0.474. The van der Waals surface area contributed by atoms with Crippen LogP contribution in [0.15, 0.2) is 48.7 Å². The molecule has 0 aliphatic heterocycles. The molecule has 1 amide bonds. The third-order valence-electron chi connectivity index (χ3n) is 4.74. The molecule has 3 N–H and O–H groups in total. The molecule has 5 nitrogen and oxygen atoms in total. The first-order valence-corrected chi connectivity index (χ1v) is 9.20.